The molecule has 2 N–H and O–H groups in total. The molecule has 3 fully saturated rings. The molecule has 56 heavy (non-hydrogen) atoms. The van der Waals surface area contributed by atoms with Gasteiger partial charge in [0.05, 0.1) is 11.5 Å². The monoisotopic (exact) mass is 807 g/mol. The van der Waals surface area contributed by atoms with Crippen molar-refractivity contribution in [3.8, 4) is 5.75 Å². The molecule has 1 unspecified atom stereocenters. The van der Waals surface area contributed by atoms with Crippen LogP contribution in [0.5, 0.6) is 5.75 Å². The van der Waals surface area contributed by atoms with E-state index in [0.29, 0.717) is 49.9 Å². The molecule has 5 heterocycles. The third kappa shape index (κ3) is 7.94. The Bertz CT molecular complexity index is 2130. The summed E-state index contributed by atoms with van der Waals surface area (Å²) >= 11 is 1.07. The number of carbonyl (C=O) groups excluding carboxylic acids is 4. The topological polar surface area (TPSA) is 147 Å². The van der Waals surface area contributed by atoms with Gasteiger partial charge in [-0.05, 0) is 92.8 Å². The highest BCUT2D eigenvalue weighted by atomic mass is 32.1. The maximum atomic E-state index is 16.5. The summed E-state index contributed by atoms with van der Waals surface area (Å²) in [6.45, 7) is 4.25. The average Bonchev–Trinajstić information content (AvgIpc) is 3.77. The second kappa shape index (κ2) is 16.4. The largest absolute Gasteiger partial charge is 0.465 e. The molecule has 16 heteroatoms. The van der Waals surface area contributed by atoms with Gasteiger partial charge in [0.25, 0.3) is 5.91 Å². The molecule has 2 aromatic carbocycles. The molecular formula is C40H44F2N5O7PS. The number of alkyl halides is 2. The number of likely N-dealkylation sites (tertiary alicyclic amines) is 1. The van der Waals surface area contributed by atoms with Crippen molar-refractivity contribution in [3.05, 3.63) is 95.1 Å². The van der Waals surface area contributed by atoms with Gasteiger partial charge in [-0.1, -0.05) is 37.3 Å². The second-order valence-electron chi connectivity index (χ2n) is 14.6. The van der Waals surface area contributed by atoms with Crippen LogP contribution in [0.25, 0.3) is 10.1 Å². The number of carbonyl (C=O) groups is 4. The molecule has 7 rings (SSSR count). The lowest BCUT2D eigenvalue weighted by molar-refractivity contribution is -0.148. The molecule has 0 spiro atoms. The van der Waals surface area contributed by atoms with Crippen molar-refractivity contribution in [2.75, 3.05) is 19.7 Å². The Hall–Kier alpha value is -4.72. The van der Waals surface area contributed by atoms with Crippen LogP contribution in [0, 0.1) is 0 Å². The van der Waals surface area contributed by atoms with Crippen molar-refractivity contribution in [1.82, 2.24) is 25.2 Å². The minimum absolute atomic E-state index is 0.0662. The number of nitrogens with zero attached hydrogens (tertiary/aromatic N) is 3. The van der Waals surface area contributed by atoms with Crippen molar-refractivity contribution >= 4 is 52.6 Å². The molecule has 5 atom stereocenters. The summed E-state index contributed by atoms with van der Waals surface area (Å²) in [6.07, 6.45) is 7.13. The van der Waals surface area contributed by atoms with Gasteiger partial charge in [0.15, 0.2) is 0 Å². The van der Waals surface area contributed by atoms with Gasteiger partial charge in [0, 0.05) is 47.7 Å². The van der Waals surface area contributed by atoms with Crippen LogP contribution in [0.2, 0.25) is 0 Å². The zero-order chi connectivity index (χ0) is 39.6. The van der Waals surface area contributed by atoms with Crippen LogP contribution in [-0.4, -0.2) is 82.3 Å². The number of hydrogen-bond acceptors (Lipinski definition) is 9. The van der Waals surface area contributed by atoms with Crippen LogP contribution < -0.4 is 14.9 Å². The van der Waals surface area contributed by atoms with Crippen molar-refractivity contribution in [2.45, 2.75) is 88.1 Å². The number of nitrogens with one attached hydrogen (secondary N) is 2. The molecule has 0 aliphatic carbocycles. The molecule has 2 aromatic heterocycles. The summed E-state index contributed by atoms with van der Waals surface area (Å²) in [7, 11) is -5.21. The molecule has 0 saturated carbocycles. The van der Waals surface area contributed by atoms with E-state index in [1.807, 2.05) is 18.3 Å². The van der Waals surface area contributed by atoms with E-state index in [1.165, 1.54) is 43.3 Å². The number of fused-ring (bicyclic) bond motifs is 2. The predicted octanol–water partition coefficient (Wildman–Crippen LogP) is 6.82. The normalized spacial score (nSPS) is 21.7. The van der Waals surface area contributed by atoms with Gasteiger partial charge in [0.1, 0.15) is 23.9 Å². The molecule has 3 amide bonds. The first-order valence-corrected chi connectivity index (χ1v) is 21.4. The first kappa shape index (κ1) is 39.5. The highest BCUT2D eigenvalue weighted by Crippen LogP contribution is 2.63. The molecule has 3 aliphatic heterocycles. The number of esters is 1. The number of rotatable bonds is 13. The van der Waals surface area contributed by atoms with Gasteiger partial charge < -0.3 is 24.4 Å². The Balaban J connectivity index is 1.06. The Morgan fingerprint density at radius 1 is 1.04 bits per heavy atom. The van der Waals surface area contributed by atoms with Crippen LogP contribution >= 0.6 is 18.9 Å². The number of halogens is 2. The summed E-state index contributed by atoms with van der Waals surface area (Å²) in [5, 5.41) is 5.40. The van der Waals surface area contributed by atoms with Crippen LogP contribution in [0.1, 0.15) is 79.1 Å². The fourth-order valence-corrected chi connectivity index (χ4v) is 10.4. The number of thiophene rings is 1. The maximum Gasteiger partial charge on any atom is 0.390 e. The van der Waals surface area contributed by atoms with E-state index < -0.39 is 48.7 Å². The standard InChI is InChI=1S/C40H44F2N5O7PS/c1-3-19-53-39(51)25(2)45-55(52,54-31-11-5-4-6-12-31)40(41,42)29-14-17-34-27(20-29)21-35(56-34)36(48)44-32-13-7-10-30-15-16-33(47(30)37(32)49)38(50)46-23-28(24-46)26-9-8-18-43-22-26/h4-6,8-9,11-12,14,17-18,20-22,25,28,30,32-33H,3,7,10,13,15-16,19,23-24H2,1-2H3,(H,44,48)(H,45,52)/t25-,30-,32-,33-,55?/m0/s1. The van der Waals surface area contributed by atoms with E-state index in [0.717, 1.165) is 35.5 Å². The molecule has 0 radical (unpaired) electrons. The second-order valence-corrected chi connectivity index (χ2v) is 17.7. The third-order valence-electron chi connectivity index (χ3n) is 10.6. The number of aromatic nitrogens is 1. The van der Waals surface area contributed by atoms with Gasteiger partial charge in [-0.3, -0.25) is 28.7 Å². The SMILES string of the molecule is CCCOC(=O)[C@H](C)NP(=O)(Oc1ccccc1)C(F)(F)c1ccc2sc(C(=O)N[C@H]3CCC[C@H]4CC[C@@H](C(=O)N5CC(c6cccnc6)C5)N4C3=O)cc2c1. The minimum Gasteiger partial charge on any atom is -0.465 e. The van der Waals surface area contributed by atoms with E-state index in [-0.39, 0.29) is 46.4 Å². The predicted molar refractivity (Wildman–Crippen MR) is 207 cm³/mol. The van der Waals surface area contributed by atoms with Crippen LogP contribution in [-0.2, 0) is 29.3 Å². The Kier molecular flexibility index (Phi) is 11.6. The van der Waals surface area contributed by atoms with Gasteiger partial charge in [-0.25, -0.2) is 5.09 Å². The lowest BCUT2D eigenvalue weighted by Gasteiger charge is -2.42. The molecule has 4 aromatic rings. The fourth-order valence-electron chi connectivity index (χ4n) is 7.61. The highest BCUT2D eigenvalue weighted by Gasteiger charge is 2.56. The zero-order valence-corrected chi connectivity index (χ0v) is 32.8. The smallest absolute Gasteiger partial charge is 0.390 e. The summed E-state index contributed by atoms with van der Waals surface area (Å²) < 4.78 is 58.2. The fraction of sp³-hybridized carbons (Fsp3) is 0.425. The van der Waals surface area contributed by atoms with Gasteiger partial charge >= 0.3 is 19.2 Å². The zero-order valence-electron chi connectivity index (χ0n) is 31.1. The quantitative estimate of drug-likeness (QED) is 0.110. The lowest BCUT2D eigenvalue weighted by Crippen LogP contribution is -2.58. The Morgan fingerprint density at radius 2 is 1.82 bits per heavy atom. The average molecular weight is 808 g/mol. The summed E-state index contributed by atoms with van der Waals surface area (Å²) in [4.78, 5) is 61.7. The first-order valence-electron chi connectivity index (χ1n) is 18.9. The van der Waals surface area contributed by atoms with Crippen molar-refractivity contribution in [2.24, 2.45) is 0 Å². The van der Waals surface area contributed by atoms with E-state index in [9.17, 15) is 23.7 Å². The van der Waals surface area contributed by atoms with Crippen LogP contribution in [0.15, 0.2) is 79.1 Å². The van der Waals surface area contributed by atoms with Crippen molar-refractivity contribution < 1.29 is 41.8 Å². The van der Waals surface area contributed by atoms with Crippen LogP contribution in [0.3, 0.4) is 0 Å². The van der Waals surface area contributed by atoms with Crippen molar-refractivity contribution in [3.63, 3.8) is 0 Å². The van der Waals surface area contributed by atoms with Gasteiger partial charge in [-0.2, -0.15) is 8.78 Å². The molecule has 0 bridgehead atoms. The van der Waals surface area contributed by atoms with Crippen molar-refractivity contribution in [1.29, 1.82) is 0 Å². The van der Waals surface area contributed by atoms with Gasteiger partial charge in [0.2, 0.25) is 11.8 Å². The number of ether oxygens (including phenoxy) is 1. The number of benzene rings is 2. The number of pyridine rings is 1. The summed E-state index contributed by atoms with van der Waals surface area (Å²) in [5.41, 5.74) is -3.71. The number of para-hydroxylation sites is 1. The summed E-state index contributed by atoms with van der Waals surface area (Å²) in [5.74, 6) is -1.66. The van der Waals surface area contributed by atoms with Crippen LogP contribution in [0.4, 0.5) is 8.78 Å². The maximum absolute atomic E-state index is 16.5. The van der Waals surface area contributed by atoms with E-state index in [1.54, 1.807) is 29.0 Å². The lowest BCUT2D eigenvalue weighted by atomic mass is 9.92. The van der Waals surface area contributed by atoms with E-state index in [4.69, 9.17) is 9.26 Å². The Morgan fingerprint density at radius 3 is 2.55 bits per heavy atom. The molecular weight excluding hydrogens is 764 g/mol. The molecule has 12 nitrogen and oxygen atoms in total. The number of amides is 3. The number of hydrogen-bond donors (Lipinski definition) is 2. The highest BCUT2D eigenvalue weighted by molar-refractivity contribution is 7.58. The van der Waals surface area contributed by atoms with E-state index >= 15 is 8.78 Å². The Labute approximate surface area is 327 Å². The molecule has 3 aliphatic rings. The minimum atomic E-state index is -5.21. The molecule has 3 saturated heterocycles. The van der Waals surface area contributed by atoms with E-state index in [2.05, 4.69) is 15.4 Å². The third-order valence-corrected chi connectivity index (χ3v) is 13.9. The first-order chi connectivity index (χ1) is 26.9. The summed E-state index contributed by atoms with van der Waals surface area (Å²) in [6, 6.07) is 13.5. The van der Waals surface area contributed by atoms with Gasteiger partial charge in [-0.15, -0.1) is 11.3 Å². The molecule has 296 valence electrons.